The SMILES string of the molecule is OC[C@H]1C=C[C@@H](NCc2ncc(-c3ccccc3)s2)C1. The third-order valence-electron chi connectivity index (χ3n) is 3.53. The molecule has 2 aromatic rings. The van der Waals surface area contributed by atoms with Crippen molar-refractivity contribution in [3.05, 3.63) is 53.7 Å². The molecular formula is C16H18N2OS. The van der Waals surface area contributed by atoms with Gasteiger partial charge in [0, 0.05) is 31.3 Å². The van der Waals surface area contributed by atoms with E-state index in [1.165, 1.54) is 10.4 Å². The van der Waals surface area contributed by atoms with Crippen molar-refractivity contribution in [1.82, 2.24) is 10.3 Å². The highest BCUT2D eigenvalue weighted by molar-refractivity contribution is 7.15. The maximum absolute atomic E-state index is 9.11. The lowest BCUT2D eigenvalue weighted by Crippen LogP contribution is -2.25. The summed E-state index contributed by atoms with van der Waals surface area (Å²) in [6.07, 6.45) is 7.16. The Morgan fingerprint density at radius 2 is 2.10 bits per heavy atom. The first-order chi connectivity index (χ1) is 9.85. The van der Waals surface area contributed by atoms with E-state index >= 15 is 0 Å². The minimum atomic E-state index is 0.240. The topological polar surface area (TPSA) is 45.1 Å². The van der Waals surface area contributed by atoms with Crippen molar-refractivity contribution < 1.29 is 5.11 Å². The van der Waals surface area contributed by atoms with Gasteiger partial charge in [0.1, 0.15) is 5.01 Å². The molecule has 2 atom stereocenters. The Morgan fingerprint density at radius 1 is 1.25 bits per heavy atom. The first-order valence-electron chi connectivity index (χ1n) is 6.88. The van der Waals surface area contributed by atoms with E-state index in [0.717, 1.165) is 18.0 Å². The van der Waals surface area contributed by atoms with Crippen LogP contribution in [0.4, 0.5) is 0 Å². The van der Waals surface area contributed by atoms with Crippen molar-refractivity contribution in [2.45, 2.75) is 19.0 Å². The molecule has 0 amide bonds. The molecule has 0 spiro atoms. The summed E-state index contributed by atoms with van der Waals surface area (Å²) >= 11 is 1.73. The maximum Gasteiger partial charge on any atom is 0.107 e. The van der Waals surface area contributed by atoms with E-state index in [1.54, 1.807) is 11.3 Å². The summed E-state index contributed by atoms with van der Waals surface area (Å²) in [5.74, 6) is 0.309. The van der Waals surface area contributed by atoms with Crippen LogP contribution < -0.4 is 5.32 Å². The molecule has 4 heteroatoms. The zero-order valence-corrected chi connectivity index (χ0v) is 12.0. The number of nitrogens with one attached hydrogen (secondary N) is 1. The third-order valence-corrected chi connectivity index (χ3v) is 4.58. The van der Waals surface area contributed by atoms with E-state index in [4.69, 9.17) is 5.11 Å². The van der Waals surface area contributed by atoms with Crippen molar-refractivity contribution in [2.24, 2.45) is 5.92 Å². The lowest BCUT2D eigenvalue weighted by Gasteiger charge is -2.11. The fourth-order valence-corrected chi connectivity index (χ4v) is 3.28. The van der Waals surface area contributed by atoms with E-state index in [1.807, 2.05) is 24.4 Å². The van der Waals surface area contributed by atoms with Gasteiger partial charge in [-0.3, -0.25) is 0 Å². The lowest BCUT2D eigenvalue weighted by molar-refractivity contribution is 0.246. The number of benzene rings is 1. The molecule has 1 aliphatic rings. The molecule has 0 bridgehead atoms. The minimum Gasteiger partial charge on any atom is -0.396 e. The summed E-state index contributed by atoms with van der Waals surface area (Å²) in [5, 5.41) is 13.7. The van der Waals surface area contributed by atoms with Crippen molar-refractivity contribution in [2.75, 3.05) is 6.61 Å². The van der Waals surface area contributed by atoms with Crippen molar-refractivity contribution >= 4 is 11.3 Å². The van der Waals surface area contributed by atoms with Gasteiger partial charge in [-0.25, -0.2) is 4.98 Å². The molecule has 0 unspecified atom stereocenters. The van der Waals surface area contributed by atoms with Gasteiger partial charge in [-0.1, -0.05) is 42.5 Å². The van der Waals surface area contributed by atoms with E-state index in [9.17, 15) is 0 Å². The standard InChI is InChI=1S/C16H18N2OS/c19-11-12-6-7-14(8-12)17-10-16-18-9-15(20-16)13-4-2-1-3-5-13/h1-7,9,12,14,17,19H,8,10-11H2/t12-,14+/m0/s1. The van der Waals surface area contributed by atoms with Crippen LogP contribution in [0.5, 0.6) is 0 Å². The Labute approximate surface area is 123 Å². The van der Waals surface area contributed by atoms with Gasteiger partial charge < -0.3 is 10.4 Å². The molecule has 20 heavy (non-hydrogen) atoms. The Kier molecular flexibility index (Phi) is 4.25. The Bertz CT molecular complexity index is 579. The average molecular weight is 286 g/mol. The normalized spacial score (nSPS) is 21.4. The van der Waals surface area contributed by atoms with Gasteiger partial charge >= 0.3 is 0 Å². The molecule has 1 heterocycles. The van der Waals surface area contributed by atoms with Crippen LogP contribution in [0, 0.1) is 5.92 Å². The zero-order valence-electron chi connectivity index (χ0n) is 11.2. The molecule has 0 aliphatic heterocycles. The molecule has 3 nitrogen and oxygen atoms in total. The average Bonchev–Trinajstić information content (AvgIpc) is 3.15. The number of hydrogen-bond acceptors (Lipinski definition) is 4. The predicted octanol–water partition coefficient (Wildman–Crippen LogP) is 2.84. The first-order valence-corrected chi connectivity index (χ1v) is 7.69. The van der Waals surface area contributed by atoms with Crippen LogP contribution in [0.25, 0.3) is 10.4 Å². The van der Waals surface area contributed by atoms with Gasteiger partial charge in [-0.2, -0.15) is 0 Å². The Balaban J connectivity index is 1.57. The molecule has 104 valence electrons. The Hall–Kier alpha value is -1.49. The summed E-state index contributed by atoms with van der Waals surface area (Å²) < 4.78 is 0. The van der Waals surface area contributed by atoms with Crippen LogP contribution in [0.2, 0.25) is 0 Å². The number of nitrogens with zero attached hydrogens (tertiary/aromatic N) is 1. The second-order valence-electron chi connectivity index (χ2n) is 5.03. The van der Waals surface area contributed by atoms with Gasteiger partial charge in [0.05, 0.1) is 4.88 Å². The smallest absolute Gasteiger partial charge is 0.107 e. The zero-order chi connectivity index (χ0) is 13.8. The number of aliphatic hydroxyl groups excluding tert-OH is 1. The monoisotopic (exact) mass is 286 g/mol. The molecule has 0 radical (unpaired) electrons. The van der Waals surface area contributed by atoms with E-state index in [0.29, 0.717) is 12.0 Å². The molecule has 1 aromatic carbocycles. The van der Waals surface area contributed by atoms with Crippen LogP contribution in [0.1, 0.15) is 11.4 Å². The molecule has 0 saturated carbocycles. The third kappa shape index (κ3) is 3.15. The quantitative estimate of drug-likeness (QED) is 0.831. The van der Waals surface area contributed by atoms with Gasteiger partial charge in [-0.05, 0) is 12.0 Å². The number of thiazole rings is 1. The van der Waals surface area contributed by atoms with Crippen LogP contribution in [0.15, 0.2) is 48.7 Å². The fraction of sp³-hybridized carbons (Fsp3) is 0.312. The number of hydrogen-bond donors (Lipinski definition) is 2. The number of aromatic nitrogens is 1. The predicted molar refractivity (Wildman–Crippen MR) is 82.5 cm³/mol. The van der Waals surface area contributed by atoms with Crippen molar-refractivity contribution in [1.29, 1.82) is 0 Å². The summed E-state index contributed by atoms with van der Waals surface area (Å²) in [6, 6.07) is 10.7. The largest absolute Gasteiger partial charge is 0.396 e. The van der Waals surface area contributed by atoms with Gasteiger partial charge in [0.2, 0.25) is 0 Å². The first kappa shape index (κ1) is 13.5. The fourth-order valence-electron chi connectivity index (χ4n) is 2.41. The second kappa shape index (κ2) is 6.31. The summed E-state index contributed by atoms with van der Waals surface area (Å²) in [5.41, 5.74) is 1.22. The van der Waals surface area contributed by atoms with E-state index in [-0.39, 0.29) is 6.61 Å². The molecule has 0 fully saturated rings. The van der Waals surface area contributed by atoms with Crippen LogP contribution >= 0.6 is 11.3 Å². The molecule has 1 aromatic heterocycles. The van der Waals surface area contributed by atoms with Gasteiger partial charge in [0.15, 0.2) is 0 Å². The summed E-state index contributed by atoms with van der Waals surface area (Å²) in [7, 11) is 0. The second-order valence-corrected chi connectivity index (χ2v) is 6.15. The highest BCUT2D eigenvalue weighted by Gasteiger charge is 2.17. The van der Waals surface area contributed by atoms with Crippen LogP contribution in [-0.2, 0) is 6.54 Å². The molecule has 2 N–H and O–H groups in total. The summed E-state index contributed by atoms with van der Waals surface area (Å²) in [6.45, 7) is 1.02. The summed E-state index contributed by atoms with van der Waals surface area (Å²) in [4.78, 5) is 5.68. The van der Waals surface area contributed by atoms with E-state index in [2.05, 4.69) is 34.6 Å². The maximum atomic E-state index is 9.11. The highest BCUT2D eigenvalue weighted by Crippen LogP contribution is 2.26. The molecule has 3 rings (SSSR count). The van der Waals surface area contributed by atoms with Crippen LogP contribution in [0.3, 0.4) is 0 Å². The lowest BCUT2D eigenvalue weighted by atomic mass is 10.1. The van der Waals surface area contributed by atoms with E-state index < -0.39 is 0 Å². The van der Waals surface area contributed by atoms with Gasteiger partial charge in [0.25, 0.3) is 0 Å². The molecular weight excluding hydrogens is 268 g/mol. The molecule has 0 saturated heterocycles. The van der Waals surface area contributed by atoms with Crippen LogP contribution in [-0.4, -0.2) is 22.7 Å². The Morgan fingerprint density at radius 3 is 2.85 bits per heavy atom. The highest BCUT2D eigenvalue weighted by atomic mass is 32.1. The number of rotatable bonds is 5. The van der Waals surface area contributed by atoms with Crippen molar-refractivity contribution in [3.8, 4) is 10.4 Å². The number of aliphatic hydroxyl groups is 1. The minimum absolute atomic E-state index is 0.240. The van der Waals surface area contributed by atoms with Gasteiger partial charge in [-0.15, -0.1) is 11.3 Å². The molecule has 1 aliphatic carbocycles. The van der Waals surface area contributed by atoms with Crippen molar-refractivity contribution in [3.63, 3.8) is 0 Å².